The summed E-state index contributed by atoms with van der Waals surface area (Å²) in [7, 11) is 1.32. The predicted molar refractivity (Wildman–Crippen MR) is 123 cm³/mol. The summed E-state index contributed by atoms with van der Waals surface area (Å²) in [5.41, 5.74) is 0.685. The van der Waals surface area contributed by atoms with Gasteiger partial charge in [0, 0.05) is 13.6 Å². The number of likely N-dealkylation sites (N-methyl/N-ethyl adjacent to an activating group) is 1. The van der Waals surface area contributed by atoms with Crippen LogP contribution in [0, 0.1) is 0 Å². The number of hydrogen-bond acceptors (Lipinski definition) is 8. The van der Waals surface area contributed by atoms with Crippen molar-refractivity contribution in [2.45, 2.75) is 64.5 Å². The summed E-state index contributed by atoms with van der Waals surface area (Å²) in [5.74, 6) is -0.0513. The Balaban J connectivity index is 2.39. The van der Waals surface area contributed by atoms with E-state index in [4.69, 9.17) is 14.2 Å². The number of rotatable bonds is 10. The minimum Gasteiger partial charge on any atom is -0.410 e. The molecule has 0 saturated carbocycles. The molecule has 0 aromatic carbocycles. The van der Waals surface area contributed by atoms with Gasteiger partial charge >= 0.3 is 0 Å². The van der Waals surface area contributed by atoms with Crippen molar-refractivity contribution < 1.29 is 18.9 Å². The van der Waals surface area contributed by atoms with Crippen molar-refractivity contribution in [2.24, 2.45) is 0 Å². The van der Waals surface area contributed by atoms with Crippen LogP contribution in [0.4, 0.5) is 0 Å². The predicted octanol–water partition coefficient (Wildman–Crippen LogP) is 3.51. The Morgan fingerprint density at radius 2 is 2.13 bits per heavy atom. The quantitative estimate of drug-likeness (QED) is 0.234. The van der Waals surface area contributed by atoms with Gasteiger partial charge in [0.05, 0.1) is 36.0 Å². The maximum Gasteiger partial charge on any atom is 0.294 e. The summed E-state index contributed by atoms with van der Waals surface area (Å²) in [6.07, 6.45) is 2.38. The van der Waals surface area contributed by atoms with Crippen LogP contribution in [0.15, 0.2) is 12.7 Å². The summed E-state index contributed by atoms with van der Waals surface area (Å²) in [5, 5.41) is 2.69. The summed E-state index contributed by atoms with van der Waals surface area (Å²) in [6, 6.07) is -0.738. The maximum atomic E-state index is 12.5. The lowest BCUT2D eigenvalue weighted by Crippen LogP contribution is -2.47. The minimum atomic E-state index is -1.93. The Hall–Kier alpha value is -1.17. The van der Waals surface area contributed by atoms with Gasteiger partial charge in [0.2, 0.25) is 0 Å². The van der Waals surface area contributed by atoms with Crippen LogP contribution in [-0.2, 0) is 25.5 Å². The van der Waals surface area contributed by atoms with Crippen LogP contribution in [0.1, 0.15) is 55.4 Å². The lowest BCUT2D eigenvalue weighted by Gasteiger charge is -2.39. The van der Waals surface area contributed by atoms with Crippen molar-refractivity contribution >= 4 is 39.0 Å². The molecule has 0 amide bonds. The highest BCUT2D eigenvalue weighted by Gasteiger charge is 2.41. The van der Waals surface area contributed by atoms with Crippen LogP contribution in [0.3, 0.4) is 0 Å². The molecular formula is C20H33BN3O4SSi. The van der Waals surface area contributed by atoms with E-state index in [2.05, 4.69) is 40.4 Å². The van der Waals surface area contributed by atoms with Gasteiger partial charge in [-0.25, -0.2) is 4.98 Å². The van der Waals surface area contributed by atoms with Gasteiger partial charge in [-0.15, -0.1) is 17.9 Å². The van der Waals surface area contributed by atoms with Gasteiger partial charge in [-0.05, 0) is 25.1 Å². The third kappa shape index (κ3) is 5.54. The molecule has 0 aliphatic carbocycles. The zero-order valence-corrected chi connectivity index (χ0v) is 20.9. The van der Waals surface area contributed by atoms with Gasteiger partial charge in [-0.2, -0.15) is 5.06 Å². The van der Waals surface area contributed by atoms with E-state index < -0.39 is 14.4 Å². The number of carbonyl (C=O) groups excluding carboxylic acids is 2. The van der Waals surface area contributed by atoms with Gasteiger partial charge in [-0.3, -0.25) is 9.63 Å². The van der Waals surface area contributed by atoms with Crippen molar-refractivity contribution in [2.75, 3.05) is 20.2 Å². The number of aromatic nitrogens is 1. The number of ketones is 1. The molecule has 0 bridgehead atoms. The van der Waals surface area contributed by atoms with Crippen molar-refractivity contribution in [3.8, 4) is 0 Å². The van der Waals surface area contributed by atoms with Gasteiger partial charge < -0.3 is 14.0 Å². The molecule has 2 rings (SSSR count). The number of hydrogen-bond donors (Lipinski definition) is 0. The number of fused-ring (bicyclic) bond motifs is 1. The lowest BCUT2D eigenvalue weighted by atomic mass is 9.85. The van der Waals surface area contributed by atoms with E-state index in [1.165, 1.54) is 14.3 Å². The highest BCUT2D eigenvalue weighted by molar-refractivity contribution is 7.11. The molecule has 2 unspecified atom stereocenters. The molecule has 1 aliphatic heterocycles. The fraction of sp³-hybridized carbons (Fsp3) is 0.650. The third-order valence-corrected chi connectivity index (χ3v) is 11.5. The molecule has 1 aliphatic rings. The average Bonchev–Trinajstić information content (AvgIpc) is 3.06. The van der Waals surface area contributed by atoms with Crippen LogP contribution >= 0.6 is 11.3 Å². The van der Waals surface area contributed by atoms with E-state index in [1.54, 1.807) is 27.3 Å². The van der Waals surface area contributed by atoms with Crippen LogP contribution in [0.25, 0.3) is 0 Å². The molecule has 0 N–H and O–H groups in total. The summed E-state index contributed by atoms with van der Waals surface area (Å²) >= 11 is 1.56. The molecule has 0 saturated heterocycles. The van der Waals surface area contributed by atoms with Crippen molar-refractivity contribution in [1.29, 1.82) is 0 Å². The molecule has 0 fully saturated rings. The molecular weight excluding hydrogens is 417 g/mol. The van der Waals surface area contributed by atoms with E-state index in [0.717, 1.165) is 9.88 Å². The van der Waals surface area contributed by atoms with Gasteiger partial charge in [0.25, 0.3) is 7.41 Å². The average molecular weight is 450 g/mol. The van der Waals surface area contributed by atoms with E-state index >= 15 is 0 Å². The first-order valence-corrected chi connectivity index (χ1v) is 13.8. The smallest absolute Gasteiger partial charge is 0.294 e. The summed E-state index contributed by atoms with van der Waals surface area (Å²) < 4.78 is 6.35. The Bertz CT molecular complexity index is 781. The summed E-state index contributed by atoms with van der Waals surface area (Å²) in [6.45, 7) is 17.5. The van der Waals surface area contributed by atoms with Gasteiger partial charge in [0.15, 0.2) is 14.1 Å². The molecule has 10 heteroatoms. The normalized spacial score (nSPS) is 20.1. The molecule has 30 heavy (non-hydrogen) atoms. The van der Waals surface area contributed by atoms with E-state index in [0.29, 0.717) is 31.6 Å². The van der Waals surface area contributed by atoms with Crippen molar-refractivity contribution in [3.63, 3.8) is 0 Å². The van der Waals surface area contributed by atoms with Gasteiger partial charge in [0.1, 0.15) is 11.0 Å². The fourth-order valence-electron chi connectivity index (χ4n) is 3.08. The second-order valence-corrected chi connectivity index (χ2v) is 15.0. The Labute approximate surface area is 185 Å². The number of nitrogens with zero attached hydrogens (tertiary/aromatic N) is 3. The van der Waals surface area contributed by atoms with Crippen LogP contribution < -0.4 is 0 Å². The topological polar surface area (TPSA) is 72.0 Å². The van der Waals surface area contributed by atoms with Crippen molar-refractivity contribution in [3.05, 3.63) is 28.2 Å². The third-order valence-electron chi connectivity index (χ3n) is 5.84. The highest BCUT2D eigenvalue weighted by atomic mass is 32.1. The summed E-state index contributed by atoms with van der Waals surface area (Å²) in [4.78, 5) is 36.9. The molecule has 1 aromatic rings. The molecule has 0 spiro atoms. The molecule has 2 atom stereocenters. The van der Waals surface area contributed by atoms with E-state index in [1.807, 2.05) is 7.05 Å². The lowest BCUT2D eigenvalue weighted by molar-refractivity contribution is -0.164. The van der Waals surface area contributed by atoms with Crippen molar-refractivity contribution in [1.82, 2.24) is 14.9 Å². The maximum absolute atomic E-state index is 12.5. The Morgan fingerprint density at radius 3 is 2.67 bits per heavy atom. The van der Waals surface area contributed by atoms with E-state index in [-0.39, 0.29) is 16.9 Å². The van der Waals surface area contributed by atoms with Crippen LogP contribution in [-0.4, -0.2) is 62.8 Å². The fourth-order valence-corrected chi connectivity index (χ4v) is 5.25. The number of thiazole rings is 1. The Morgan fingerprint density at radius 1 is 1.47 bits per heavy atom. The largest absolute Gasteiger partial charge is 0.410 e. The highest BCUT2D eigenvalue weighted by Crippen LogP contribution is 2.42. The first-order chi connectivity index (χ1) is 13.9. The minimum absolute atomic E-state index is 0.0513. The van der Waals surface area contributed by atoms with Crippen LogP contribution in [0.2, 0.25) is 18.1 Å². The number of carbonyl (C=O) groups is 2. The zero-order chi connectivity index (χ0) is 22.7. The standard InChI is InChI=1S/C20H33BN3O4SSi/c1-9-10-27-23(6)15-11-24(21-13-25)18(14(2)26)17-19(15)29-16(22-17)12-28-30(7,8)20(3,4)5/h9,13,15,18H,1,10-12H2,2-8H3. The molecule has 2 heterocycles. The molecule has 7 nitrogen and oxygen atoms in total. The molecule has 165 valence electrons. The number of hydroxylamine groups is 2. The van der Waals surface area contributed by atoms with Crippen LogP contribution in [0.5, 0.6) is 0 Å². The molecule has 1 radical (unpaired) electrons. The number of Topliss-reactive ketones (excluding diaryl/α,β-unsaturated/α-hetero) is 1. The first-order valence-electron chi connectivity index (χ1n) is 10.1. The second-order valence-electron chi connectivity index (χ2n) is 9.05. The molecule has 1 aromatic heterocycles. The van der Waals surface area contributed by atoms with Gasteiger partial charge in [-0.1, -0.05) is 26.8 Å². The SMILES string of the molecule is C=CCON(C)C1CN([B]C=O)C(C(C)=O)c2nc(CO[Si](C)(C)C(C)(C)C)sc21. The first kappa shape index (κ1) is 25.1. The monoisotopic (exact) mass is 450 g/mol. The second kappa shape index (κ2) is 9.97. The zero-order valence-electron chi connectivity index (χ0n) is 19.1. The van der Waals surface area contributed by atoms with E-state index in [9.17, 15) is 9.59 Å². The Kier molecular flexibility index (Phi) is 8.34.